The maximum atomic E-state index is 12.7. The van der Waals surface area contributed by atoms with Crippen LogP contribution in [0.1, 0.15) is 61.4 Å². The van der Waals surface area contributed by atoms with E-state index in [0.717, 1.165) is 29.1 Å². The van der Waals surface area contributed by atoms with Gasteiger partial charge in [-0.15, -0.1) is 0 Å². The number of carbonyl (C=O) groups is 1. The first kappa shape index (κ1) is 21.4. The Morgan fingerprint density at radius 1 is 1.00 bits per heavy atom. The number of carbonyl (C=O) groups excluding carboxylic acids is 1. The van der Waals surface area contributed by atoms with Crippen molar-refractivity contribution in [2.75, 3.05) is 0 Å². The number of thiocarbonyl (C=S) groups is 1. The second-order valence-electron chi connectivity index (χ2n) is 10.2. The number of nitrogens with one attached hydrogen (secondary N) is 2. The van der Waals surface area contributed by atoms with Crippen LogP contribution in [0.15, 0.2) is 54.6 Å². The van der Waals surface area contributed by atoms with E-state index in [9.17, 15) is 4.79 Å². The van der Waals surface area contributed by atoms with Gasteiger partial charge in [0.05, 0.1) is 0 Å². The third kappa shape index (κ3) is 4.54. The Morgan fingerprint density at radius 3 is 2.19 bits per heavy atom. The zero-order valence-corrected chi connectivity index (χ0v) is 19.5. The van der Waals surface area contributed by atoms with Gasteiger partial charge in [-0.1, -0.05) is 30.3 Å². The normalized spacial score (nSPS) is 28.7. The highest BCUT2D eigenvalue weighted by Crippen LogP contribution is 2.61. The molecule has 6 rings (SSSR count). The van der Waals surface area contributed by atoms with Crippen molar-refractivity contribution in [3.63, 3.8) is 0 Å². The summed E-state index contributed by atoms with van der Waals surface area (Å²) in [6.45, 7) is 2.76. The molecule has 1 amide bonds. The van der Waals surface area contributed by atoms with Crippen LogP contribution < -0.4 is 15.4 Å². The Balaban J connectivity index is 1.13. The minimum atomic E-state index is -0.185. The van der Waals surface area contributed by atoms with Crippen LogP contribution in [0.3, 0.4) is 0 Å². The van der Waals surface area contributed by atoms with E-state index in [2.05, 4.69) is 17.6 Å². The molecule has 2 aromatic rings. The minimum absolute atomic E-state index is 0.185. The number of hydrogen-bond donors (Lipinski definition) is 2. The van der Waals surface area contributed by atoms with E-state index in [0.29, 0.717) is 22.7 Å². The van der Waals surface area contributed by atoms with Gasteiger partial charge >= 0.3 is 0 Å². The van der Waals surface area contributed by atoms with Gasteiger partial charge in [-0.25, -0.2) is 0 Å². The molecule has 4 fully saturated rings. The topological polar surface area (TPSA) is 50.4 Å². The molecule has 4 bridgehead atoms. The van der Waals surface area contributed by atoms with Gasteiger partial charge in [-0.3, -0.25) is 10.1 Å². The van der Waals surface area contributed by atoms with Crippen LogP contribution in [0.25, 0.3) is 0 Å². The van der Waals surface area contributed by atoms with Gasteiger partial charge in [-0.05, 0) is 111 Å². The molecule has 0 heterocycles. The summed E-state index contributed by atoms with van der Waals surface area (Å²) in [6.07, 6.45) is 8.23. The van der Waals surface area contributed by atoms with Gasteiger partial charge in [0.15, 0.2) is 5.11 Å². The molecule has 0 spiro atoms. The Hall–Kier alpha value is -2.40. The first-order chi connectivity index (χ1) is 15.5. The number of hydrogen-bond acceptors (Lipinski definition) is 3. The highest BCUT2D eigenvalue weighted by atomic mass is 32.1. The van der Waals surface area contributed by atoms with E-state index in [-0.39, 0.29) is 11.9 Å². The SMILES string of the molecule is C[C@H](NC(=S)NC(=O)c1ccc(OCc2ccccc2)cc1)C12CC3CC(CC(C3)C1)C2. The maximum Gasteiger partial charge on any atom is 0.257 e. The van der Waals surface area contributed by atoms with Gasteiger partial charge in [-0.2, -0.15) is 0 Å². The highest BCUT2D eigenvalue weighted by molar-refractivity contribution is 7.80. The second-order valence-corrected chi connectivity index (χ2v) is 10.6. The molecule has 5 heteroatoms. The second kappa shape index (κ2) is 8.86. The van der Waals surface area contributed by atoms with Crippen molar-refractivity contribution >= 4 is 23.2 Å². The molecule has 2 N–H and O–H groups in total. The molecule has 168 valence electrons. The molecule has 32 heavy (non-hydrogen) atoms. The van der Waals surface area contributed by atoms with Crippen molar-refractivity contribution in [3.05, 3.63) is 65.7 Å². The summed E-state index contributed by atoms with van der Waals surface area (Å²) in [5.41, 5.74) is 2.03. The van der Waals surface area contributed by atoms with Gasteiger partial charge in [0.25, 0.3) is 5.91 Å². The van der Waals surface area contributed by atoms with Crippen molar-refractivity contribution in [3.8, 4) is 5.75 Å². The van der Waals surface area contributed by atoms with Gasteiger partial charge in [0, 0.05) is 11.6 Å². The average molecular weight is 449 g/mol. The molecule has 0 aromatic heterocycles. The van der Waals surface area contributed by atoms with Crippen molar-refractivity contribution < 1.29 is 9.53 Å². The molecule has 0 saturated heterocycles. The Morgan fingerprint density at radius 2 is 1.59 bits per heavy atom. The molecule has 4 saturated carbocycles. The standard InChI is InChI=1S/C27H32N2O2S/c1-18(27-14-20-11-21(15-27)13-22(12-20)16-27)28-26(32)29-25(30)23-7-9-24(10-8-23)31-17-19-5-3-2-4-6-19/h2-10,18,20-22H,11-17H2,1H3,(H2,28,29,30,32)/t18-,20?,21?,22?,27?/m0/s1. The Labute approximate surface area is 196 Å². The van der Waals surface area contributed by atoms with Crippen LogP contribution in [0.2, 0.25) is 0 Å². The molecule has 0 radical (unpaired) electrons. The van der Waals surface area contributed by atoms with E-state index in [1.165, 1.54) is 38.5 Å². The lowest BCUT2D eigenvalue weighted by Gasteiger charge is -2.59. The lowest BCUT2D eigenvalue weighted by atomic mass is 9.48. The first-order valence-electron chi connectivity index (χ1n) is 11.9. The van der Waals surface area contributed by atoms with Crippen LogP contribution >= 0.6 is 12.2 Å². The third-order valence-corrected chi connectivity index (χ3v) is 8.16. The summed E-state index contributed by atoms with van der Waals surface area (Å²) < 4.78 is 5.81. The molecule has 0 unspecified atom stereocenters. The van der Waals surface area contributed by atoms with Crippen molar-refractivity contribution in [2.45, 2.75) is 58.1 Å². The van der Waals surface area contributed by atoms with Gasteiger partial charge in [0.2, 0.25) is 0 Å². The average Bonchev–Trinajstić information content (AvgIpc) is 2.77. The molecule has 2 aromatic carbocycles. The maximum absolute atomic E-state index is 12.7. The zero-order valence-electron chi connectivity index (χ0n) is 18.7. The Bertz CT molecular complexity index is 938. The van der Waals surface area contributed by atoms with Crippen LogP contribution in [0.4, 0.5) is 0 Å². The quantitative estimate of drug-likeness (QED) is 0.575. The van der Waals surface area contributed by atoms with Crippen molar-refractivity contribution in [2.24, 2.45) is 23.2 Å². The van der Waals surface area contributed by atoms with Crippen LogP contribution in [0.5, 0.6) is 5.75 Å². The first-order valence-corrected chi connectivity index (χ1v) is 12.3. The summed E-state index contributed by atoms with van der Waals surface area (Å²) in [5.74, 6) is 3.25. The third-order valence-electron chi connectivity index (χ3n) is 7.94. The fourth-order valence-corrected chi connectivity index (χ4v) is 6.98. The van der Waals surface area contributed by atoms with E-state index in [1.54, 1.807) is 12.1 Å². The molecule has 4 aliphatic rings. The number of amides is 1. The fraction of sp³-hybridized carbons (Fsp3) is 0.481. The van der Waals surface area contributed by atoms with Crippen molar-refractivity contribution in [1.29, 1.82) is 0 Å². The monoisotopic (exact) mass is 448 g/mol. The summed E-state index contributed by atoms with van der Waals surface area (Å²) in [4.78, 5) is 12.7. The number of benzene rings is 2. The molecule has 1 atom stereocenters. The van der Waals surface area contributed by atoms with Crippen LogP contribution in [-0.2, 0) is 6.61 Å². The highest BCUT2D eigenvalue weighted by Gasteiger charge is 2.53. The lowest BCUT2D eigenvalue weighted by Crippen LogP contribution is -2.57. The molecule has 4 aliphatic carbocycles. The number of rotatable bonds is 6. The summed E-state index contributed by atoms with van der Waals surface area (Å²) >= 11 is 5.52. The van der Waals surface area contributed by atoms with Gasteiger partial charge < -0.3 is 10.1 Å². The fourth-order valence-electron chi connectivity index (χ4n) is 6.71. The predicted octanol–water partition coefficient (Wildman–Crippen LogP) is 5.47. The summed E-state index contributed by atoms with van der Waals surface area (Å²) in [5, 5.41) is 6.77. The van der Waals surface area contributed by atoms with E-state index in [4.69, 9.17) is 17.0 Å². The van der Waals surface area contributed by atoms with Crippen LogP contribution in [0, 0.1) is 23.2 Å². The van der Waals surface area contributed by atoms with Crippen molar-refractivity contribution in [1.82, 2.24) is 10.6 Å². The summed E-state index contributed by atoms with van der Waals surface area (Å²) in [7, 11) is 0. The minimum Gasteiger partial charge on any atom is -0.489 e. The predicted molar refractivity (Wildman–Crippen MR) is 130 cm³/mol. The zero-order chi connectivity index (χ0) is 22.1. The molecule has 0 aliphatic heterocycles. The molecular formula is C27H32N2O2S. The Kier molecular flexibility index (Phi) is 5.93. The smallest absolute Gasteiger partial charge is 0.257 e. The van der Waals surface area contributed by atoms with E-state index >= 15 is 0 Å². The largest absolute Gasteiger partial charge is 0.489 e. The van der Waals surface area contributed by atoms with Gasteiger partial charge in [0.1, 0.15) is 12.4 Å². The number of ether oxygens (including phenoxy) is 1. The molecule has 4 nitrogen and oxygen atoms in total. The molecular weight excluding hydrogens is 416 g/mol. The van der Waals surface area contributed by atoms with E-state index in [1.807, 2.05) is 42.5 Å². The lowest BCUT2D eigenvalue weighted by molar-refractivity contribution is -0.0672. The van der Waals surface area contributed by atoms with E-state index < -0.39 is 0 Å². The summed E-state index contributed by atoms with van der Waals surface area (Å²) in [6, 6.07) is 17.5. The van der Waals surface area contributed by atoms with Crippen LogP contribution in [-0.4, -0.2) is 17.1 Å².